The van der Waals surface area contributed by atoms with Crippen molar-refractivity contribution < 1.29 is 9.59 Å². The van der Waals surface area contributed by atoms with Crippen molar-refractivity contribution in [3.63, 3.8) is 0 Å². The highest BCUT2D eigenvalue weighted by Gasteiger charge is 2.48. The maximum atomic E-state index is 13.0. The monoisotopic (exact) mass is 372 g/mol. The number of hydrogen-bond acceptors (Lipinski definition) is 3. The fourth-order valence-corrected chi connectivity index (χ4v) is 6.18. The number of thioether (sulfide) groups is 1. The fraction of sp³-hybridized carbons (Fsp3) is 0.619. The van der Waals surface area contributed by atoms with E-state index >= 15 is 0 Å². The summed E-state index contributed by atoms with van der Waals surface area (Å²) in [7, 11) is 0. The van der Waals surface area contributed by atoms with E-state index in [1.165, 1.54) is 12.8 Å². The fourth-order valence-electron chi connectivity index (χ4n) is 4.71. The van der Waals surface area contributed by atoms with Gasteiger partial charge in [-0.25, -0.2) is 0 Å². The van der Waals surface area contributed by atoms with Gasteiger partial charge in [-0.3, -0.25) is 9.59 Å². The Labute approximate surface area is 160 Å². The van der Waals surface area contributed by atoms with Gasteiger partial charge in [0.05, 0.1) is 11.3 Å². The molecular weight excluding hydrogens is 344 g/mol. The predicted octanol–water partition coefficient (Wildman–Crippen LogP) is 3.31. The normalized spacial score (nSPS) is 22.9. The highest BCUT2D eigenvalue weighted by Crippen LogP contribution is 2.45. The van der Waals surface area contributed by atoms with Crippen LogP contribution in [0, 0.1) is 5.92 Å². The SMILES string of the molecule is O=C(Cc1ccccc1)N1CCC2(CC1)SCCN2C(=O)C1CCCC1. The molecule has 1 saturated carbocycles. The molecule has 0 bridgehead atoms. The Morgan fingerprint density at radius 2 is 1.73 bits per heavy atom. The van der Waals surface area contributed by atoms with Crippen molar-refractivity contribution in [1.29, 1.82) is 0 Å². The Morgan fingerprint density at radius 1 is 1.04 bits per heavy atom. The smallest absolute Gasteiger partial charge is 0.226 e. The summed E-state index contributed by atoms with van der Waals surface area (Å²) in [6.45, 7) is 2.43. The third kappa shape index (κ3) is 3.51. The molecule has 4 nitrogen and oxygen atoms in total. The summed E-state index contributed by atoms with van der Waals surface area (Å²) >= 11 is 1.95. The molecule has 0 atom stereocenters. The van der Waals surface area contributed by atoms with E-state index in [4.69, 9.17) is 0 Å². The van der Waals surface area contributed by atoms with Crippen LogP contribution in [0.5, 0.6) is 0 Å². The molecule has 1 aliphatic carbocycles. The summed E-state index contributed by atoms with van der Waals surface area (Å²) in [4.78, 5) is 29.8. The van der Waals surface area contributed by atoms with Crippen LogP contribution in [-0.4, -0.2) is 51.9 Å². The van der Waals surface area contributed by atoms with E-state index < -0.39 is 0 Å². The number of carbonyl (C=O) groups is 2. The van der Waals surface area contributed by atoms with E-state index in [-0.39, 0.29) is 16.7 Å². The number of hydrogen-bond donors (Lipinski definition) is 0. The van der Waals surface area contributed by atoms with E-state index in [9.17, 15) is 9.59 Å². The summed E-state index contributed by atoms with van der Waals surface area (Å²) in [5.41, 5.74) is 1.08. The molecule has 2 aliphatic heterocycles. The molecule has 2 saturated heterocycles. The van der Waals surface area contributed by atoms with Gasteiger partial charge in [-0.15, -0.1) is 11.8 Å². The largest absolute Gasteiger partial charge is 0.342 e. The zero-order valence-electron chi connectivity index (χ0n) is 15.4. The molecule has 2 heterocycles. The number of likely N-dealkylation sites (tertiary alicyclic amines) is 1. The van der Waals surface area contributed by atoms with Gasteiger partial charge in [0.2, 0.25) is 11.8 Å². The Balaban J connectivity index is 1.37. The maximum Gasteiger partial charge on any atom is 0.226 e. The van der Waals surface area contributed by atoms with Crippen molar-refractivity contribution in [3.8, 4) is 0 Å². The van der Waals surface area contributed by atoms with Crippen molar-refractivity contribution >= 4 is 23.6 Å². The number of nitrogens with zero attached hydrogens (tertiary/aromatic N) is 2. The van der Waals surface area contributed by atoms with Crippen LogP contribution in [0.15, 0.2) is 30.3 Å². The number of rotatable bonds is 3. The molecule has 140 valence electrons. The summed E-state index contributed by atoms with van der Waals surface area (Å²) in [5.74, 6) is 1.89. The average Bonchev–Trinajstić information content (AvgIpc) is 3.33. The molecular formula is C21H28N2O2S. The van der Waals surface area contributed by atoms with Gasteiger partial charge in [-0.1, -0.05) is 43.2 Å². The second-order valence-corrected chi connectivity index (χ2v) is 9.27. The van der Waals surface area contributed by atoms with Crippen LogP contribution in [-0.2, 0) is 16.0 Å². The molecule has 5 heteroatoms. The zero-order valence-corrected chi connectivity index (χ0v) is 16.2. The van der Waals surface area contributed by atoms with E-state index in [0.29, 0.717) is 12.3 Å². The summed E-state index contributed by atoms with van der Waals surface area (Å²) in [6.07, 6.45) is 6.84. The molecule has 3 aliphatic rings. The first-order valence-corrected chi connectivity index (χ1v) is 10.9. The van der Waals surface area contributed by atoms with Gasteiger partial charge in [0.25, 0.3) is 0 Å². The molecule has 0 aromatic heterocycles. The Hall–Kier alpha value is -1.49. The number of piperidine rings is 1. The van der Waals surface area contributed by atoms with Crippen LogP contribution in [0.3, 0.4) is 0 Å². The molecule has 0 radical (unpaired) electrons. The lowest BCUT2D eigenvalue weighted by Gasteiger charge is -2.44. The molecule has 3 fully saturated rings. The molecule has 2 amide bonds. The van der Waals surface area contributed by atoms with Crippen LogP contribution >= 0.6 is 11.8 Å². The lowest BCUT2D eigenvalue weighted by molar-refractivity contribution is -0.140. The van der Waals surface area contributed by atoms with E-state index in [2.05, 4.69) is 4.90 Å². The van der Waals surface area contributed by atoms with E-state index in [1.54, 1.807) is 0 Å². The standard InChI is InChI=1S/C21H28N2O2S/c24-19(16-17-6-2-1-3-7-17)22-12-10-21(11-13-22)23(14-15-26-21)20(25)18-8-4-5-9-18/h1-3,6-7,18H,4-5,8-16H2. The van der Waals surface area contributed by atoms with Gasteiger partial charge in [0.15, 0.2) is 0 Å². The predicted molar refractivity (Wildman–Crippen MR) is 105 cm³/mol. The van der Waals surface area contributed by atoms with Crippen LogP contribution < -0.4 is 0 Å². The minimum Gasteiger partial charge on any atom is -0.342 e. The number of amides is 2. The van der Waals surface area contributed by atoms with Crippen molar-refractivity contribution in [2.45, 2.75) is 49.8 Å². The van der Waals surface area contributed by atoms with Gasteiger partial charge in [-0.05, 0) is 31.2 Å². The third-order valence-corrected chi connectivity index (χ3v) is 7.80. The molecule has 1 aromatic carbocycles. The second-order valence-electron chi connectivity index (χ2n) is 7.81. The molecule has 1 aromatic rings. The number of carbonyl (C=O) groups excluding carboxylic acids is 2. The first-order chi connectivity index (χ1) is 12.7. The lowest BCUT2D eigenvalue weighted by atomic mass is 9.98. The summed E-state index contributed by atoms with van der Waals surface area (Å²) in [5, 5.41) is 0. The van der Waals surface area contributed by atoms with Gasteiger partial charge in [0.1, 0.15) is 0 Å². The minimum absolute atomic E-state index is 0.0524. The molecule has 4 rings (SSSR count). The average molecular weight is 373 g/mol. The molecule has 1 spiro atoms. The van der Waals surface area contributed by atoms with E-state index in [1.807, 2.05) is 47.0 Å². The third-order valence-electron chi connectivity index (χ3n) is 6.24. The summed E-state index contributed by atoms with van der Waals surface area (Å²) < 4.78 is 0. The maximum absolute atomic E-state index is 13.0. The molecule has 0 unspecified atom stereocenters. The lowest BCUT2D eigenvalue weighted by Crippen LogP contribution is -2.54. The van der Waals surface area contributed by atoms with Crippen LogP contribution in [0.4, 0.5) is 0 Å². The number of benzene rings is 1. The van der Waals surface area contributed by atoms with Crippen molar-refractivity contribution in [2.24, 2.45) is 5.92 Å². The molecule has 0 N–H and O–H groups in total. The van der Waals surface area contributed by atoms with Crippen LogP contribution in [0.2, 0.25) is 0 Å². The Bertz CT molecular complexity index is 649. The van der Waals surface area contributed by atoms with Gasteiger partial charge >= 0.3 is 0 Å². The first-order valence-electron chi connectivity index (χ1n) is 9.95. The molecule has 26 heavy (non-hydrogen) atoms. The van der Waals surface area contributed by atoms with E-state index in [0.717, 1.165) is 56.6 Å². The topological polar surface area (TPSA) is 40.6 Å². The van der Waals surface area contributed by atoms with Crippen LogP contribution in [0.1, 0.15) is 44.1 Å². The van der Waals surface area contributed by atoms with Gasteiger partial charge < -0.3 is 9.80 Å². The Morgan fingerprint density at radius 3 is 2.42 bits per heavy atom. The van der Waals surface area contributed by atoms with Crippen LogP contribution in [0.25, 0.3) is 0 Å². The van der Waals surface area contributed by atoms with Crippen molar-refractivity contribution in [3.05, 3.63) is 35.9 Å². The quantitative estimate of drug-likeness (QED) is 0.817. The first kappa shape index (κ1) is 17.9. The van der Waals surface area contributed by atoms with Gasteiger partial charge in [0, 0.05) is 31.3 Å². The van der Waals surface area contributed by atoms with Crippen molar-refractivity contribution in [1.82, 2.24) is 9.80 Å². The van der Waals surface area contributed by atoms with Crippen molar-refractivity contribution in [2.75, 3.05) is 25.4 Å². The summed E-state index contributed by atoms with van der Waals surface area (Å²) in [6, 6.07) is 9.97. The highest BCUT2D eigenvalue weighted by molar-refractivity contribution is 8.00. The Kier molecular flexibility index (Phi) is 5.25. The second kappa shape index (κ2) is 7.63. The highest BCUT2D eigenvalue weighted by atomic mass is 32.2. The van der Waals surface area contributed by atoms with Gasteiger partial charge in [-0.2, -0.15) is 0 Å². The minimum atomic E-state index is -0.0524. The zero-order chi connectivity index (χ0) is 18.0.